The largest absolute Gasteiger partial charge is 0.294 e. The minimum atomic E-state index is -0.148. The standard InChI is InChI=1S/C7H6Cl2N2O/c1-2-4(12)5-6(8)10-3-11-7(5)9/h3H,2H2,1H3. The lowest BCUT2D eigenvalue weighted by molar-refractivity contribution is 0.0988. The zero-order valence-electron chi connectivity index (χ0n) is 6.34. The Labute approximate surface area is 79.7 Å². The maximum atomic E-state index is 11.2. The summed E-state index contributed by atoms with van der Waals surface area (Å²) in [6.07, 6.45) is 1.56. The molecule has 12 heavy (non-hydrogen) atoms. The third kappa shape index (κ3) is 1.73. The normalized spacial score (nSPS) is 9.92. The summed E-state index contributed by atoms with van der Waals surface area (Å²) in [5.74, 6) is -0.148. The molecule has 0 amide bonds. The van der Waals surface area contributed by atoms with Crippen molar-refractivity contribution in [2.75, 3.05) is 0 Å². The number of hydrogen-bond donors (Lipinski definition) is 0. The van der Waals surface area contributed by atoms with Gasteiger partial charge >= 0.3 is 0 Å². The van der Waals surface area contributed by atoms with Gasteiger partial charge in [0.15, 0.2) is 5.78 Å². The van der Waals surface area contributed by atoms with Gasteiger partial charge in [-0.05, 0) is 0 Å². The fraction of sp³-hybridized carbons (Fsp3) is 0.286. The van der Waals surface area contributed by atoms with Crippen molar-refractivity contribution in [2.24, 2.45) is 0 Å². The van der Waals surface area contributed by atoms with Crippen molar-refractivity contribution >= 4 is 29.0 Å². The Bertz CT molecular complexity index is 294. The molecule has 0 fully saturated rings. The Morgan fingerprint density at radius 3 is 2.33 bits per heavy atom. The van der Waals surface area contributed by atoms with Gasteiger partial charge in [0, 0.05) is 6.42 Å². The van der Waals surface area contributed by atoms with Crippen LogP contribution in [0.15, 0.2) is 6.33 Å². The minimum absolute atomic E-state index is 0.113. The quantitative estimate of drug-likeness (QED) is 0.549. The van der Waals surface area contributed by atoms with Gasteiger partial charge in [0.05, 0.1) is 5.56 Å². The summed E-state index contributed by atoms with van der Waals surface area (Å²) in [6, 6.07) is 0. The molecule has 1 heterocycles. The number of carbonyl (C=O) groups excluding carboxylic acids is 1. The Hall–Kier alpha value is -0.670. The topological polar surface area (TPSA) is 42.9 Å². The summed E-state index contributed by atoms with van der Waals surface area (Å²) in [4.78, 5) is 18.5. The van der Waals surface area contributed by atoms with E-state index < -0.39 is 0 Å². The van der Waals surface area contributed by atoms with Crippen molar-refractivity contribution in [3.05, 3.63) is 22.2 Å². The first-order valence-electron chi connectivity index (χ1n) is 3.36. The number of Topliss-reactive ketones (excluding diaryl/α,β-unsaturated/α-hetero) is 1. The van der Waals surface area contributed by atoms with E-state index in [1.54, 1.807) is 6.92 Å². The number of nitrogens with zero attached hydrogens (tertiary/aromatic N) is 2. The first-order valence-corrected chi connectivity index (χ1v) is 4.11. The zero-order chi connectivity index (χ0) is 9.14. The maximum absolute atomic E-state index is 11.2. The average Bonchev–Trinajstić information content (AvgIpc) is 2.03. The van der Waals surface area contributed by atoms with Crippen LogP contribution >= 0.6 is 23.2 Å². The number of carbonyl (C=O) groups is 1. The molecule has 0 radical (unpaired) electrons. The molecule has 1 aromatic heterocycles. The lowest BCUT2D eigenvalue weighted by atomic mass is 10.2. The number of halogens is 2. The predicted molar refractivity (Wildman–Crippen MR) is 46.7 cm³/mol. The second-order valence-corrected chi connectivity index (χ2v) is 2.82. The fourth-order valence-electron chi connectivity index (χ4n) is 0.751. The van der Waals surface area contributed by atoms with E-state index in [0.29, 0.717) is 6.42 Å². The third-order valence-electron chi connectivity index (χ3n) is 1.35. The van der Waals surface area contributed by atoms with Crippen LogP contribution in [-0.4, -0.2) is 15.8 Å². The Morgan fingerprint density at radius 2 is 1.92 bits per heavy atom. The molecular weight excluding hydrogens is 199 g/mol. The summed E-state index contributed by atoms with van der Waals surface area (Å²) in [7, 11) is 0. The number of aromatic nitrogens is 2. The predicted octanol–water partition coefficient (Wildman–Crippen LogP) is 2.38. The molecule has 0 saturated carbocycles. The van der Waals surface area contributed by atoms with Gasteiger partial charge in [0.1, 0.15) is 16.6 Å². The van der Waals surface area contributed by atoms with Crippen molar-refractivity contribution in [3.63, 3.8) is 0 Å². The highest BCUT2D eigenvalue weighted by molar-refractivity contribution is 6.38. The molecule has 0 unspecified atom stereocenters. The molecule has 1 rings (SSSR count). The average molecular weight is 205 g/mol. The minimum Gasteiger partial charge on any atom is -0.294 e. The molecule has 64 valence electrons. The SMILES string of the molecule is CCC(=O)c1c(Cl)ncnc1Cl. The van der Waals surface area contributed by atoms with Gasteiger partial charge in [-0.2, -0.15) is 0 Å². The molecule has 0 aromatic carbocycles. The summed E-state index contributed by atoms with van der Waals surface area (Å²) < 4.78 is 0. The van der Waals surface area contributed by atoms with Crippen LogP contribution in [-0.2, 0) is 0 Å². The highest BCUT2D eigenvalue weighted by Crippen LogP contribution is 2.20. The molecule has 0 aliphatic rings. The van der Waals surface area contributed by atoms with Gasteiger partial charge in [0.25, 0.3) is 0 Å². The number of rotatable bonds is 2. The lowest BCUT2D eigenvalue weighted by Crippen LogP contribution is -2.01. The molecular formula is C7H6Cl2N2O. The molecule has 0 aliphatic heterocycles. The molecule has 5 heteroatoms. The number of ketones is 1. The smallest absolute Gasteiger partial charge is 0.168 e. The van der Waals surface area contributed by atoms with Gasteiger partial charge in [-0.15, -0.1) is 0 Å². The van der Waals surface area contributed by atoms with Crippen molar-refractivity contribution in [3.8, 4) is 0 Å². The number of hydrogen-bond acceptors (Lipinski definition) is 3. The van der Waals surface area contributed by atoms with Crippen LogP contribution in [0.1, 0.15) is 23.7 Å². The molecule has 3 nitrogen and oxygen atoms in total. The van der Waals surface area contributed by atoms with Crippen LogP contribution in [0.2, 0.25) is 10.3 Å². The van der Waals surface area contributed by atoms with E-state index in [-0.39, 0.29) is 21.7 Å². The van der Waals surface area contributed by atoms with E-state index >= 15 is 0 Å². The molecule has 0 atom stereocenters. The van der Waals surface area contributed by atoms with Gasteiger partial charge in [-0.3, -0.25) is 4.79 Å². The Morgan fingerprint density at radius 1 is 1.42 bits per heavy atom. The van der Waals surface area contributed by atoms with Gasteiger partial charge in [-0.1, -0.05) is 30.1 Å². The van der Waals surface area contributed by atoms with Gasteiger partial charge < -0.3 is 0 Å². The van der Waals surface area contributed by atoms with E-state index in [9.17, 15) is 4.79 Å². The highest BCUT2D eigenvalue weighted by Gasteiger charge is 2.14. The van der Waals surface area contributed by atoms with Crippen molar-refractivity contribution in [1.82, 2.24) is 9.97 Å². The summed E-state index contributed by atoms with van der Waals surface area (Å²) in [5, 5.41) is 0.226. The summed E-state index contributed by atoms with van der Waals surface area (Å²) in [5.41, 5.74) is 0.211. The van der Waals surface area contributed by atoms with Crippen LogP contribution in [0.25, 0.3) is 0 Å². The monoisotopic (exact) mass is 204 g/mol. The van der Waals surface area contributed by atoms with Gasteiger partial charge in [-0.25, -0.2) is 9.97 Å². The second kappa shape index (κ2) is 3.83. The molecule has 1 aromatic rings. The molecule has 0 aliphatic carbocycles. The molecule has 0 saturated heterocycles. The van der Waals surface area contributed by atoms with Crippen LogP contribution in [0.4, 0.5) is 0 Å². The van der Waals surface area contributed by atoms with Crippen LogP contribution < -0.4 is 0 Å². The van der Waals surface area contributed by atoms with E-state index in [4.69, 9.17) is 23.2 Å². The second-order valence-electron chi connectivity index (χ2n) is 2.11. The van der Waals surface area contributed by atoms with Crippen LogP contribution in [0.3, 0.4) is 0 Å². The van der Waals surface area contributed by atoms with Crippen molar-refractivity contribution in [2.45, 2.75) is 13.3 Å². The maximum Gasteiger partial charge on any atom is 0.168 e. The van der Waals surface area contributed by atoms with E-state index in [0.717, 1.165) is 0 Å². The first kappa shape index (κ1) is 9.42. The first-order chi connectivity index (χ1) is 5.66. The lowest BCUT2D eigenvalue weighted by Gasteiger charge is -2.00. The summed E-state index contributed by atoms with van der Waals surface area (Å²) >= 11 is 11.3. The van der Waals surface area contributed by atoms with E-state index in [2.05, 4.69) is 9.97 Å². The highest BCUT2D eigenvalue weighted by atomic mass is 35.5. The third-order valence-corrected chi connectivity index (χ3v) is 1.93. The Kier molecular flexibility index (Phi) is 3.00. The van der Waals surface area contributed by atoms with E-state index in [1.165, 1.54) is 6.33 Å². The van der Waals surface area contributed by atoms with Crippen molar-refractivity contribution in [1.29, 1.82) is 0 Å². The summed E-state index contributed by atoms with van der Waals surface area (Å²) in [6.45, 7) is 1.72. The molecule has 0 bridgehead atoms. The zero-order valence-corrected chi connectivity index (χ0v) is 7.85. The van der Waals surface area contributed by atoms with E-state index in [1.807, 2.05) is 0 Å². The molecule has 0 N–H and O–H groups in total. The van der Waals surface area contributed by atoms with Crippen molar-refractivity contribution < 1.29 is 4.79 Å². The fourth-order valence-corrected chi connectivity index (χ4v) is 1.28. The van der Waals surface area contributed by atoms with Crippen LogP contribution in [0.5, 0.6) is 0 Å². The van der Waals surface area contributed by atoms with Gasteiger partial charge in [0.2, 0.25) is 0 Å². The molecule has 0 spiro atoms. The van der Waals surface area contributed by atoms with Crippen LogP contribution in [0, 0.1) is 0 Å². The Balaban J connectivity index is 3.21.